The van der Waals surface area contributed by atoms with Gasteiger partial charge in [-0.15, -0.1) is 0 Å². The Morgan fingerprint density at radius 1 is 0.971 bits per heavy atom. The van der Waals surface area contributed by atoms with Crippen LogP contribution < -0.4 is 0 Å². The molecule has 1 atom stereocenters. The fourth-order valence-corrected chi connectivity index (χ4v) is 8.02. The van der Waals surface area contributed by atoms with E-state index in [1.165, 1.54) is 18.2 Å². The molecule has 0 saturated carbocycles. The van der Waals surface area contributed by atoms with Gasteiger partial charge in [-0.05, 0) is 54.0 Å². The van der Waals surface area contributed by atoms with Crippen LogP contribution in [0.15, 0.2) is 71.0 Å². The third kappa shape index (κ3) is 4.77. The highest BCUT2D eigenvalue weighted by molar-refractivity contribution is 7.95. The van der Waals surface area contributed by atoms with E-state index >= 15 is 0 Å². The van der Waals surface area contributed by atoms with E-state index < -0.39 is 28.9 Å². The second-order valence-corrected chi connectivity index (χ2v) is 12.2. The number of rotatable bonds is 9. The molecule has 0 fully saturated rings. The summed E-state index contributed by atoms with van der Waals surface area (Å²) in [5.74, 6) is -0.463. The molecule has 3 aromatic rings. The maximum atomic E-state index is 13.9. The molecule has 0 radical (unpaired) electrons. The normalized spacial score (nSPS) is 15.7. The molecular weight excluding hydrogens is 495 g/mol. The highest BCUT2D eigenvalue weighted by Crippen LogP contribution is 2.59. The van der Waals surface area contributed by atoms with Crippen molar-refractivity contribution in [3.05, 3.63) is 82.2 Å². The molecule has 34 heavy (non-hydrogen) atoms. The van der Waals surface area contributed by atoms with Crippen LogP contribution in [-0.2, 0) is 34.7 Å². The van der Waals surface area contributed by atoms with Gasteiger partial charge in [-0.2, -0.15) is 0 Å². The minimum absolute atomic E-state index is 0.00921. The fourth-order valence-electron chi connectivity index (χ4n) is 4.19. The lowest BCUT2D eigenvalue weighted by molar-refractivity contribution is -0.117. The Hall–Kier alpha value is -2.28. The van der Waals surface area contributed by atoms with E-state index in [1.807, 2.05) is 42.5 Å². The minimum atomic E-state index is -4.07. The number of Topliss-reactive ketones (excluding diaryl/α,β-unsaturated/α-hetero) is 1. The molecule has 6 nitrogen and oxygen atoms in total. The van der Waals surface area contributed by atoms with E-state index in [-0.39, 0.29) is 35.7 Å². The van der Waals surface area contributed by atoms with Crippen LogP contribution in [0.1, 0.15) is 25.0 Å². The number of halogens is 1. The second-order valence-electron chi connectivity index (χ2n) is 7.86. The molecule has 0 N–H and O–H groups in total. The summed E-state index contributed by atoms with van der Waals surface area (Å²) in [6, 6.07) is 17.7. The number of allylic oxidation sites excluding steroid dienone is 1. The number of carbonyl (C=O) groups is 1. The SMILES string of the molecule is CCOP(=O)(OCC)C(C(=O)Cc1ccc2ccccc2c1)C1=CS(=O)(=O)c2ccc(Cl)cc21. The molecule has 0 amide bonds. The third-order valence-corrected chi connectivity index (χ3v) is 9.77. The second kappa shape index (κ2) is 9.76. The summed E-state index contributed by atoms with van der Waals surface area (Å²) in [5.41, 5.74) is -0.396. The zero-order valence-corrected chi connectivity index (χ0v) is 21.2. The number of fused-ring (bicyclic) bond motifs is 2. The number of benzene rings is 3. The van der Waals surface area contributed by atoms with Crippen molar-refractivity contribution >= 4 is 51.2 Å². The number of carbonyl (C=O) groups excluding carboxylic acids is 1. The molecule has 0 bridgehead atoms. The van der Waals surface area contributed by atoms with Crippen LogP contribution >= 0.6 is 19.2 Å². The molecule has 9 heteroatoms. The number of hydrogen-bond acceptors (Lipinski definition) is 6. The van der Waals surface area contributed by atoms with Crippen LogP contribution in [0.5, 0.6) is 0 Å². The first-order chi connectivity index (χ1) is 16.2. The molecule has 3 aromatic carbocycles. The average molecular weight is 519 g/mol. The molecule has 0 aromatic heterocycles. The van der Waals surface area contributed by atoms with Gasteiger partial charge in [0.25, 0.3) is 0 Å². The maximum absolute atomic E-state index is 13.9. The summed E-state index contributed by atoms with van der Waals surface area (Å²) in [4.78, 5) is 13.7. The summed E-state index contributed by atoms with van der Waals surface area (Å²) in [5, 5.41) is 3.27. The Bertz CT molecular complexity index is 1440. The molecule has 4 rings (SSSR count). The fraction of sp³-hybridized carbons (Fsp3) is 0.240. The molecule has 1 aliphatic rings. The lowest BCUT2D eigenvalue weighted by Gasteiger charge is -2.26. The Kier molecular flexibility index (Phi) is 7.13. The Morgan fingerprint density at radius 3 is 2.32 bits per heavy atom. The Balaban J connectivity index is 1.83. The van der Waals surface area contributed by atoms with Gasteiger partial charge in [0.15, 0.2) is 5.78 Å². The summed E-state index contributed by atoms with van der Waals surface area (Å²) in [6.07, 6.45) is -0.0765. The van der Waals surface area contributed by atoms with E-state index in [0.29, 0.717) is 10.6 Å². The summed E-state index contributed by atoms with van der Waals surface area (Å²) in [6.45, 7) is 3.33. The van der Waals surface area contributed by atoms with Crippen LogP contribution in [0.2, 0.25) is 5.02 Å². The first kappa shape index (κ1) is 24.8. The Labute approximate surface area is 204 Å². The van der Waals surface area contributed by atoms with Crippen LogP contribution in [-0.4, -0.2) is 33.1 Å². The van der Waals surface area contributed by atoms with E-state index in [1.54, 1.807) is 13.8 Å². The van der Waals surface area contributed by atoms with Crippen LogP contribution in [0.25, 0.3) is 16.3 Å². The number of sulfone groups is 1. The van der Waals surface area contributed by atoms with Gasteiger partial charge in [-0.3, -0.25) is 9.36 Å². The quantitative estimate of drug-likeness (QED) is 0.320. The zero-order valence-electron chi connectivity index (χ0n) is 18.7. The van der Waals surface area contributed by atoms with Gasteiger partial charge >= 0.3 is 7.60 Å². The van der Waals surface area contributed by atoms with Crippen molar-refractivity contribution in [1.82, 2.24) is 0 Å². The number of hydrogen-bond donors (Lipinski definition) is 0. The molecular formula is C25H24ClO6PS. The molecule has 1 aliphatic heterocycles. The first-order valence-corrected chi connectivity index (χ1v) is 14.4. The first-order valence-electron chi connectivity index (χ1n) is 10.8. The lowest BCUT2D eigenvalue weighted by Crippen LogP contribution is -2.26. The average Bonchev–Trinajstić information content (AvgIpc) is 3.03. The molecule has 1 heterocycles. The van der Waals surface area contributed by atoms with E-state index in [0.717, 1.165) is 16.2 Å². The van der Waals surface area contributed by atoms with Gasteiger partial charge < -0.3 is 9.05 Å². The van der Waals surface area contributed by atoms with Crippen molar-refractivity contribution in [3.63, 3.8) is 0 Å². The zero-order chi connectivity index (χ0) is 24.5. The van der Waals surface area contributed by atoms with E-state index in [9.17, 15) is 17.8 Å². The molecule has 178 valence electrons. The largest absolute Gasteiger partial charge is 0.345 e. The minimum Gasteiger partial charge on any atom is -0.308 e. The van der Waals surface area contributed by atoms with Crippen molar-refractivity contribution in [1.29, 1.82) is 0 Å². The van der Waals surface area contributed by atoms with Crippen LogP contribution in [0.4, 0.5) is 0 Å². The third-order valence-electron chi connectivity index (χ3n) is 5.57. The highest BCUT2D eigenvalue weighted by Gasteiger charge is 2.47. The predicted molar refractivity (Wildman–Crippen MR) is 134 cm³/mol. The van der Waals surface area contributed by atoms with E-state index in [2.05, 4.69) is 0 Å². The summed E-state index contributed by atoms with van der Waals surface area (Å²) >= 11 is 6.15. The van der Waals surface area contributed by atoms with Gasteiger partial charge in [0.2, 0.25) is 9.84 Å². The molecule has 1 unspecified atom stereocenters. The molecule has 0 spiro atoms. The summed E-state index contributed by atoms with van der Waals surface area (Å²) < 4.78 is 50.7. The van der Waals surface area contributed by atoms with Gasteiger partial charge in [0.05, 0.1) is 18.1 Å². The predicted octanol–water partition coefficient (Wildman–Crippen LogP) is 6.07. The summed E-state index contributed by atoms with van der Waals surface area (Å²) in [7, 11) is -7.92. The van der Waals surface area contributed by atoms with Gasteiger partial charge in [0.1, 0.15) is 5.66 Å². The van der Waals surface area contributed by atoms with Crippen molar-refractivity contribution in [2.75, 3.05) is 13.2 Å². The molecule has 0 saturated heterocycles. The highest BCUT2D eigenvalue weighted by atomic mass is 35.5. The maximum Gasteiger partial charge on any atom is 0.345 e. The van der Waals surface area contributed by atoms with Crippen molar-refractivity contribution < 1.29 is 26.8 Å². The van der Waals surface area contributed by atoms with Gasteiger partial charge in [0, 0.05) is 22.4 Å². The van der Waals surface area contributed by atoms with Crippen molar-refractivity contribution in [2.45, 2.75) is 30.8 Å². The topological polar surface area (TPSA) is 86.7 Å². The monoisotopic (exact) mass is 518 g/mol. The smallest absolute Gasteiger partial charge is 0.308 e. The van der Waals surface area contributed by atoms with Crippen LogP contribution in [0.3, 0.4) is 0 Å². The number of ketones is 1. The molecule has 0 aliphatic carbocycles. The van der Waals surface area contributed by atoms with Gasteiger partial charge in [-0.25, -0.2) is 8.42 Å². The van der Waals surface area contributed by atoms with Crippen LogP contribution in [0, 0.1) is 0 Å². The van der Waals surface area contributed by atoms with Crippen molar-refractivity contribution in [2.24, 2.45) is 0 Å². The standard InChI is InChI=1S/C25H24ClO6PS/c1-3-31-33(28,32-4-2)25(22-16-34(29,30)24-12-11-20(26)15-21(22)24)23(27)14-17-9-10-18-7-5-6-8-19(18)13-17/h5-13,15-16,25H,3-4,14H2,1-2H3. The lowest BCUT2D eigenvalue weighted by atomic mass is 9.97. The van der Waals surface area contributed by atoms with Crippen molar-refractivity contribution in [3.8, 4) is 0 Å². The van der Waals surface area contributed by atoms with E-state index in [4.69, 9.17) is 20.6 Å². The Morgan fingerprint density at radius 2 is 1.65 bits per heavy atom. The van der Waals surface area contributed by atoms with Gasteiger partial charge in [-0.1, -0.05) is 54.1 Å².